The second-order valence-electron chi connectivity index (χ2n) is 4.05. The Balaban J connectivity index is 1.79. The fourth-order valence-corrected chi connectivity index (χ4v) is 2.93. The van der Waals surface area contributed by atoms with Crippen LogP contribution in [-0.4, -0.2) is 18.5 Å². The van der Waals surface area contributed by atoms with Crippen LogP contribution in [0.5, 0.6) is 0 Å². The predicted octanol–water partition coefficient (Wildman–Crippen LogP) is 3.93. The van der Waals surface area contributed by atoms with Crippen molar-refractivity contribution in [3.8, 4) is 0 Å². The first-order chi connectivity index (χ1) is 7.75. The zero-order valence-electron chi connectivity index (χ0n) is 9.08. The fourth-order valence-electron chi connectivity index (χ4n) is 1.91. The summed E-state index contributed by atoms with van der Waals surface area (Å²) in [7, 11) is 0. The second kappa shape index (κ2) is 5.80. The lowest BCUT2D eigenvalue weighted by Crippen LogP contribution is -2.19. The van der Waals surface area contributed by atoms with E-state index in [2.05, 4.69) is 0 Å². The predicted molar refractivity (Wildman–Crippen MR) is 66.5 cm³/mol. The lowest BCUT2D eigenvalue weighted by Gasteiger charge is -2.21. The average Bonchev–Trinajstić information content (AvgIpc) is 2.74. The quantitative estimate of drug-likeness (QED) is 0.765. The van der Waals surface area contributed by atoms with Gasteiger partial charge in [0.15, 0.2) is 5.78 Å². The van der Waals surface area contributed by atoms with Gasteiger partial charge in [-0.15, -0.1) is 11.3 Å². The van der Waals surface area contributed by atoms with Gasteiger partial charge in [-0.25, -0.2) is 0 Å². The number of ether oxygens (including phenoxy) is 1. The summed E-state index contributed by atoms with van der Waals surface area (Å²) in [6, 6.07) is 3.58. The van der Waals surface area contributed by atoms with Crippen LogP contribution < -0.4 is 0 Å². The van der Waals surface area contributed by atoms with E-state index in [0.717, 1.165) is 30.7 Å². The number of ketones is 1. The van der Waals surface area contributed by atoms with Crippen molar-refractivity contribution >= 4 is 28.7 Å². The lowest BCUT2D eigenvalue weighted by atomic mass is 10.0. The number of thiophene rings is 1. The SMILES string of the molecule is O=C(CCC1CCCCO1)c1ccc(Cl)s1. The number of carbonyl (C=O) groups is 1. The van der Waals surface area contributed by atoms with Gasteiger partial charge < -0.3 is 4.74 Å². The maximum Gasteiger partial charge on any atom is 0.172 e. The molecule has 0 N–H and O–H groups in total. The van der Waals surface area contributed by atoms with Gasteiger partial charge >= 0.3 is 0 Å². The summed E-state index contributed by atoms with van der Waals surface area (Å²) in [5.41, 5.74) is 0. The van der Waals surface area contributed by atoms with E-state index in [9.17, 15) is 4.79 Å². The average molecular weight is 259 g/mol. The molecule has 0 bridgehead atoms. The molecule has 1 aliphatic rings. The molecule has 2 heterocycles. The van der Waals surface area contributed by atoms with Crippen molar-refractivity contribution in [2.24, 2.45) is 0 Å². The third-order valence-electron chi connectivity index (χ3n) is 2.82. The van der Waals surface area contributed by atoms with Crippen molar-refractivity contribution in [2.75, 3.05) is 6.61 Å². The van der Waals surface area contributed by atoms with E-state index in [4.69, 9.17) is 16.3 Å². The van der Waals surface area contributed by atoms with Crippen LogP contribution >= 0.6 is 22.9 Å². The first-order valence-corrected chi connectivity index (χ1v) is 6.85. The molecular weight excluding hydrogens is 244 g/mol. The van der Waals surface area contributed by atoms with Crippen molar-refractivity contribution < 1.29 is 9.53 Å². The molecule has 0 spiro atoms. The highest BCUT2D eigenvalue weighted by molar-refractivity contribution is 7.18. The molecule has 0 radical (unpaired) electrons. The summed E-state index contributed by atoms with van der Waals surface area (Å²) in [6.07, 6.45) is 5.18. The highest BCUT2D eigenvalue weighted by Gasteiger charge is 2.16. The first-order valence-electron chi connectivity index (χ1n) is 5.66. The minimum atomic E-state index is 0.186. The Bertz CT molecular complexity index is 356. The number of Topliss-reactive ketones (excluding diaryl/α,β-unsaturated/α-hetero) is 1. The van der Waals surface area contributed by atoms with Crippen LogP contribution in [0.2, 0.25) is 4.34 Å². The fraction of sp³-hybridized carbons (Fsp3) is 0.583. The topological polar surface area (TPSA) is 26.3 Å². The van der Waals surface area contributed by atoms with Gasteiger partial charge in [0.25, 0.3) is 0 Å². The normalized spacial score (nSPS) is 20.9. The third kappa shape index (κ3) is 3.30. The third-order valence-corrected chi connectivity index (χ3v) is 4.09. The monoisotopic (exact) mass is 258 g/mol. The van der Waals surface area contributed by atoms with Crippen molar-refractivity contribution in [1.29, 1.82) is 0 Å². The summed E-state index contributed by atoms with van der Waals surface area (Å²) in [6.45, 7) is 0.851. The largest absolute Gasteiger partial charge is 0.378 e. The highest BCUT2D eigenvalue weighted by Crippen LogP contribution is 2.24. The minimum Gasteiger partial charge on any atom is -0.378 e. The number of rotatable bonds is 4. The molecule has 0 aliphatic carbocycles. The molecule has 0 amide bonds. The Kier molecular flexibility index (Phi) is 4.38. The Morgan fingerprint density at radius 1 is 1.50 bits per heavy atom. The van der Waals surface area contributed by atoms with E-state index >= 15 is 0 Å². The van der Waals surface area contributed by atoms with Crippen LogP contribution in [0, 0.1) is 0 Å². The van der Waals surface area contributed by atoms with Crippen molar-refractivity contribution in [3.05, 3.63) is 21.3 Å². The van der Waals surface area contributed by atoms with Gasteiger partial charge in [0.1, 0.15) is 0 Å². The van der Waals surface area contributed by atoms with Crippen LogP contribution in [0.25, 0.3) is 0 Å². The summed E-state index contributed by atoms with van der Waals surface area (Å²) < 4.78 is 6.27. The summed E-state index contributed by atoms with van der Waals surface area (Å²) in [5, 5.41) is 0. The van der Waals surface area contributed by atoms with E-state index < -0.39 is 0 Å². The Morgan fingerprint density at radius 2 is 2.38 bits per heavy atom. The molecule has 88 valence electrons. The standard InChI is InChI=1S/C12H15ClO2S/c13-12-7-6-11(16-12)10(14)5-4-9-3-1-2-8-15-9/h6-7,9H,1-5,8H2. The van der Waals surface area contributed by atoms with E-state index in [-0.39, 0.29) is 11.9 Å². The molecule has 2 rings (SSSR count). The molecule has 1 unspecified atom stereocenters. The molecular formula is C12H15ClO2S. The summed E-state index contributed by atoms with van der Waals surface area (Å²) >= 11 is 7.15. The van der Waals surface area contributed by atoms with Crippen LogP contribution in [0.3, 0.4) is 0 Å². The molecule has 1 aromatic rings. The lowest BCUT2D eigenvalue weighted by molar-refractivity contribution is 0.0105. The molecule has 1 aromatic heterocycles. The number of carbonyl (C=O) groups excluding carboxylic acids is 1. The van der Waals surface area contributed by atoms with Gasteiger partial charge in [-0.3, -0.25) is 4.79 Å². The Labute approximate surface area is 105 Å². The number of halogens is 1. The molecule has 1 aliphatic heterocycles. The smallest absolute Gasteiger partial charge is 0.172 e. The van der Waals surface area contributed by atoms with Gasteiger partial charge in [-0.1, -0.05) is 11.6 Å². The second-order valence-corrected chi connectivity index (χ2v) is 5.77. The molecule has 1 fully saturated rings. The number of hydrogen-bond acceptors (Lipinski definition) is 3. The maximum atomic E-state index is 11.8. The number of hydrogen-bond donors (Lipinski definition) is 0. The van der Waals surface area contributed by atoms with Gasteiger partial charge in [0, 0.05) is 13.0 Å². The van der Waals surface area contributed by atoms with Gasteiger partial charge in [0.2, 0.25) is 0 Å². The van der Waals surface area contributed by atoms with Gasteiger partial charge in [0.05, 0.1) is 15.3 Å². The van der Waals surface area contributed by atoms with Crippen molar-refractivity contribution in [3.63, 3.8) is 0 Å². The van der Waals surface area contributed by atoms with Crippen LogP contribution in [-0.2, 0) is 4.74 Å². The van der Waals surface area contributed by atoms with E-state index in [1.807, 2.05) is 0 Å². The Morgan fingerprint density at radius 3 is 3.00 bits per heavy atom. The zero-order chi connectivity index (χ0) is 11.4. The van der Waals surface area contributed by atoms with Crippen molar-refractivity contribution in [2.45, 2.75) is 38.2 Å². The van der Waals surface area contributed by atoms with Crippen LogP contribution in [0.1, 0.15) is 41.8 Å². The van der Waals surface area contributed by atoms with Crippen LogP contribution in [0.4, 0.5) is 0 Å². The molecule has 1 atom stereocenters. The highest BCUT2D eigenvalue weighted by atomic mass is 35.5. The molecule has 0 aromatic carbocycles. The van der Waals surface area contributed by atoms with E-state index in [1.54, 1.807) is 12.1 Å². The van der Waals surface area contributed by atoms with E-state index in [0.29, 0.717) is 10.8 Å². The van der Waals surface area contributed by atoms with E-state index in [1.165, 1.54) is 17.8 Å². The van der Waals surface area contributed by atoms with Crippen molar-refractivity contribution in [1.82, 2.24) is 0 Å². The minimum absolute atomic E-state index is 0.186. The molecule has 1 saturated heterocycles. The van der Waals surface area contributed by atoms with Gasteiger partial charge in [-0.05, 0) is 37.8 Å². The Hall–Kier alpha value is -0.380. The molecule has 16 heavy (non-hydrogen) atoms. The summed E-state index contributed by atoms with van der Waals surface area (Å²) in [4.78, 5) is 12.6. The van der Waals surface area contributed by atoms with Crippen LogP contribution in [0.15, 0.2) is 12.1 Å². The zero-order valence-corrected chi connectivity index (χ0v) is 10.6. The first kappa shape index (κ1) is 12.1. The molecule has 2 nitrogen and oxygen atoms in total. The molecule has 4 heteroatoms. The summed E-state index contributed by atoms with van der Waals surface area (Å²) in [5.74, 6) is 0.186. The molecule has 0 saturated carbocycles. The maximum absolute atomic E-state index is 11.8. The van der Waals surface area contributed by atoms with Gasteiger partial charge in [-0.2, -0.15) is 0 Å².